The predicted molar refractivity (Wildman–Crippen MR) is 311 cm³/mol. The fourth-order valence-electron chi connectivity index (χ4n) is 14.0. The van der Waals surface area contributed by atoms with Crippen molar-refractivity contribution in [3.63, 3.8) is 0 Å². The first-order chi connectivity index (χ1) is 35.6. The van der Waals surface area contributed by atoms with Gasteiger partial charge in [0.1, 0.15) is 0 Å². The number of carbonyl (C=O) groups is 3. The van der Waals surface area contributed by atoms with E-state index in [1.807, 2.05) is 13.8 Å². The van der Waals surface area contributed by atoms with E-state index in [0.29, 0.717) is 56.8 Å². The summed E-state index contributed by atoms with van der Waals surface area (Å²) in [5.41, 5.74) is -0.431. The van der Waals surface area contributed by atoms with Crippen molar-refractivity contribution in [2.24, 2.45) is 34.0 Å². The molecular weight excluding hydrogens is 954 g/mol. The van der Waals surface area contributed by atoms with E-state index in [1.54, 1.807) is 0 Å². The van der Waals surface area contributed by atoms with Crippen molar-refractivity contribution in [1.82, 2.24) is 4.90 Å². The molecule has 4 rings (SSSR count). The van der Waals surface area contributed by atoms with Crippen molar-refractivity contribution in [3.8, 4) is 0 Å². The smallest absolute Gasteiger partial charge is 0.306 e. The minimum absolute atomic E-state index is 0. The van der Waals surface area contributed by atoms with Gasteiger partial charge in [0.05, 0.1) is 19.8 Å². The molecule has 4 bridgehead atoms. The third kappa shape index (κ3) is 31.5. The molecule has 0 saturated heterocycles. The molecule has 0 aliphatic heterocycles. The van der Waals surface area contributed by atoms with Crippen molar-refractivity contribution in [2.45, 2.75) is 331 Å². The largest absolute Gasteiger partial charge is 0.465 e. The Hall–Kier alpha value is -1.05. The van der Waals surface area contributed by atoms with Crippen molar-refractivity contribution in [1.29, 1.82) is 0 Å². The summed E-state index contributed by atoms with van der Waals surface area (Å²) < 4.78 is 19.3. The van der Waals surface area contributed by atoms with Crippen LogP contribution in [0.3, 0.4) is 0 Å². The molecule has 0 aromatic carbocycles. The predicted octanol–water partition coefficient (Wildman–Crippen LogP) is 19.7. The molecule has 8 heteroatoms. The van der Waals surface area contributed by atoms with Crippen molar-refractivity contribution in [3.05, 3.63) is 0 Å². The average Bonchev–Trinajstić information content (AvgIpc) is 3.56. The molecule has 0 amide bonds. The Balaban J connectivity index is 0.00000901. The molecule has 1 radical (unpaired) electrons. The van der Waals surface area contributed by atoms with Gasteiger partial charge in [0.25, 0.3) is 0 Å². The molecule has 0 aromatic rings. The quantitative estimate of drug-likeness (QED) is 0.0341. The molecule has 4 atom stereocenters. The average molecular weight is 1080 g/mol. The summed E-state index contributed by atoms with van der Waals surface area (Å²) in [4.78, 5) is 43.8. The van der Waals surface area contributed by atoms with Gasteiger partial charge in [0.2, 0.25) is 0 Å². The number of hydrogen-bond acceptors (Lipinski definition) is 7. The summed E-state index contributed by atoms with van der Waals surface area (Å²) in [6.07, 6.45) is 50.2. The Morgan fingerprint density at radius 3 is 1.05 bits per heavy atom. The van der Waals surface area contributed by atoms with Crippen LogP contribution in [0, 0.1) is 34.0 Å². The van der Waals surface area contributed by atoms with E-state index < -0.39 is 0 Å². The van der Waals surface area contributed by atoms with Gasteiger partial charge in [-0.2, -0.15) is 0 Å². The molecule has 0 heterocycles. The number of fused-ring (bicyclic) bond motifs is 1. The summed E-state index contributed by atoms with van der Waals surface area (Å²) in [6.45, 7) is 21.8. The zero-order chi connectivity index (χ0) is 53.3. The second kappa shape index (κ2) is 44.8. The molecule has 74 heavy (non-hydrogen) atoms. The van der Waals surface area contributed by atoms with Crippen LogP contribution in [0.5, 0.6) is 0 Å². The maximum Gasteiger partial charge on any atom is 0.306 e. The van der Waals surface area contributed by atoms with Gasteiger partial charge in [-0.25, -0.2) is 0 Å². The van der Waals surface area contributed by atoms with Crippen LogP contribution in [0.1, 0.15) is 331 Å². The summed E-state index contributed by atoms with van der Waals surface area (Å²) in [5, 5.41) is 0. The van der Waals surface area contributed by atoms with Gasteiger partial charge in [-0.3, -0.25) is 14.4 Å². The van der Waals surface area contributed by atoms with E-state index in [1.165, 1.54) is 180 Å². The number of esters is 3. The molecule has 435 valence electrons. The summed E-state index contributed by atoms with van der Waals surface area (Å²) >= 11 is 0. The molecule has 0 aromatic heterocycles. The second-order valence-electron chi connectivity index (χ2n) is 24.7. The fourth-order valence-corrected chi connectivity index (χ4v) is 14.0. The van der Waals surface area contributed by atoms with E-state index in [9.17, 15) is 14.4 Å². The molecule has 4 fully saturated rings. The molecule has 4 saturated carbocycles. The molecule has 4 unspecified atom stereocenters. The number of carbonyl (C=O) groups excluding carboxylic acids is 3. The molecule has 4 aliphatic rings. The fraction of sp³-hybridized carbons (Fsp3) is 0.955. The van der Waals surface area contributed by atoms with Crippen LogP contribution in [0.25, 0.3) is 0 Å². The Labute approximate surface area is 472 Å². The standard InChI is InChI=1S/C64H119NO6.C2H6.V/c1-7-13-17-21-25-29-33-38-56(39-34-30-26-22-18-14-8-2)46-60(67)70-54-63-44-43-62(53-69-59(66)42-37-45-65(11-5)12-6)48-58(49-63)50-64(51-62,52-63)55-71-61(68)47-57(40-35-31-27-23-19-15-9-3)41-36-32-28-24-20-16-10-4;1-2;/h56-58H,7-55H2,1-6H3;1-2H3;. The maximum absolute atomic E-state index is 14.1. The van der Waals surface area contributed by atoms with Crippen LogP contribution in [0.2, 0.25) is 0 Å². The molecular formula is C66H125NO6V. The van der Waals surface area contributed by atoms with Gasteiger partial charge < -0.3 is 19.1 Å². The van der Waals surface area contributed by atoms with E-state index in [0.717, 1.165) is 96.7 Å². The zero-order valence-electron chi connectivity index (χ0n) is 50.7. The van der Waals surface area contributed by atoms with Gasteiger partial charge in [0.15, 0.2) is 0 Å². The zero-order valence-corrected chi connectivity index (χ0v) is 52.1. The van der Waals surface area contributed by atoms with Crippen LogP contribution in [0.15, 0.2) is 0 Å². The van der Waals surface area contributed by atoms with E-state index >= 15 is 0 Å². The van der Waals surface area contributed by atoms with Gasteiger partial charge in [-0.1, -0.05) is 235 Å². The topological polar surface area (TPSA) is 82.1 Å². The third-order valence-electron chi connectivity index (χ3n) is 18.0. The van der Waals surface area contributed by atoms with Crippen LogP contribution >= 0.6 is 0 Å². The number of rotatable bonds is 48. The van der Waals surface area contributed by atoms with Crippen LogP contribution in [0.4, 0.5) is 0 Å². The number of ether oxygens (including phenoxy) is 3. The van der Waals surface area contributed by atoms with Crippen molar-refractivity contribution < 1.29 is 47.1 Å². The van der Waals surface area contributed by atoms with Gasteiger partial charge in [0, 0.05) is 54.1 Å². The minimum Gasteiger partial charge on any atom is -0.465 e. The molecule has 0 N–H and O–H groups in total. The number of unbranched alkanes of at least 4 members (excludes halogenated alkanes) is 24. The van der Waals surface area contributed by atoms with Gasteiger partial charge in [-0.05, 0) is 114 Å². The Bertz CT molecular complexity index is 1320. The number of nitrogens with zero attached hydrogens (tertiary/aromatic N) is 1. The summed E-state index contributed by atoms with van der Waals surface area (Å²) in [6, 6.07) is 0. The monoisotopic (exact) mass is 1080 g/mol. The number of hydrogen-bond donors (Lipinski definition) is 0. The second-order valence-corrected chi connectivity index (χ2v) is 24.7. The molecule has 4 aliphatic carbocycles. The normalized spacial score (nSPS) is 20.9. The Kier molecular flexibility index (Phi) is 42.9. The van der Waals surface area contributed by atoms with E-state index in [-0.39, 0.29) is 52.7 Å². The first-order valence-corrected chi connectivity index (χ1v) is 32.8. The van der Waals surface area contributed by atoms with Crippen LogP contribution in [-0.4, -0.2) is 62.3 Å². The molecule has 7 nitrogen and oxygen atoms in total. The Morgan fingerprint density at radius 1 is 0.419 bits per heavy atom. The SMILES string of the molecule is CC.CCCCCCCCCC(CCCCCCCCC)CC(=O)OCC12CCC3(COC(=O)CCCN(CC)CC)CC(C1)CC(COC(=O)CC(CCCCCCCCC)CCCCCCCCC)(C3)C2.[V]. The first kappa shape index (κ1) is 71.0. The van der Waals surface area contributed by atoms with Gasteiger partial charge >= 0.3 is 17.9 Å². The van der Waals surface area contributed by atoms with E-state index in [4.69, 9.17) is 14.2 Å². The summed E-state index contributed by atoms with van der Waals surface area (Å²) in [5.74, 6) is 1.15. The maximum atomic E-state index is 14.1. The van der Waals surface area contributed by atoms with Crippen LogP contribution < -0.4 is 0 Å². The van der Waals surface area contributed by atoms with Crippen molar-refractivity contribution in [2.75, 3.05) is 39.5 Å². The summed E-state index contributed by atoms with van der Waals surface area (Å²) in [7, 11) is 0. The van der Waals surface area contributed by atoms with Crippen LogP contribution in [-0.2, 0) is 47.1 Å². The molecule has 0 spiro atoms. The van der Waals surface area contributed by atoms with E-state index in [2.05, 4.69) is 46.4 Å². The van der Waals surface area contributed by atoms with Crippen molar-refractivity contribution >= 4 is 17.9 Å². The third-order valence-corrected chi connectivity index (χ3v) is 18.0. The first-order valence-electron chi connectivity index (χ1n) is 32.8. The minimum atomic E-state index is -0.182. The van der Waals surface area contributed by atoms with Gasteiger partial charge in [-0.15, -0.1) is 0 Å². The Morgan fingerprint density at radius 2 is 0.716 bits per heavy atom.